The molecule has 0 radical (unpaired) electrons. The van der Waals surface area contributed by atoms with Gasteiger partial charge in [-0.25, -0.2) is 13.2 Å². The molecule has 1 N–H and O–H groups in total. The molecule has 1 unspecified atom stereocenters. The van der Waals surface area contributed by atoms with Crippen LogP contribution in [0.1, 0.15) is 43.5 Å². The molecular weight excluding hydrogens is 474 g/mol. The summed E-state index contributed by atoms with van der Waals surface area (Å²) in [5, 5.41) is 0. The molecule has 4 rings (SSSR count). The van der Waals surface area contributed by atoms with Crippen LogP contribution in [0.5, 0.6) is 0 Å². The number of hydrogen-bond donors (Lipinski definition) is 1. The number of aryl methyl sites for hydroxylation is 2. The molecule has 36 heavy (non-hydrogen) atoms. The summed E-state index contributed by atoms with van der Waals surface area (Å²) in [6, 6.07) is 28.5. The highest BCUT2D eigenvalue weighted by Gasteiger charge is 2.28. The molecule has 4 aromatic rings. The van der Waals surface area contributed by atoms with E-state index in [9.17, 15) is 18.0 Å². The molecule has 0 aliphatic rings. The molecule has 0 bridgehead atoms. The Labute approximate surface area is 210 Å². The van der Waals surface area contributed by atoms with E-state index in [1.54, 1.807) is 85.8 Å². The molecule has 6 nitrogen and oxygen atoms in total. The van der Waals surface area contributed by atoms with E-state index in [-0.39, 0.29) is 16.2 Å². The van der Waals surface area contributed by atoms with Crippen LogP contribution in [-0.4, -0.2) is 20.2 Å². The van der Waals surface area contributed by atoms with Gasteiger partial charge >= 0.3 is 5.97 Å². The van der Waals surface area contributed by atoms with Gasteiger partial charge in [-0.15, -0.1) is 0 Å². The van der Waals surface area contributed by atoms with E-state index < -0.39 is 22.1 Å². The summed E-state index contributed by atoms with van der Waals surface area (Å²) in [7, 11) is -3.98. The summed E-state index contributed by atoms with van der Waals surface area (Å²) in [5.41, 5.74) is 2.72. The molecule has 0 saturated carbocycles. The number of ketones is 1. The largest absolute Gasteiger partial charge is 0.445 e. The first-order valence-corrected chi connectivity index (χ1v) is 12.8. The molecule has 0 fully saturated rings. The van der Waals surface area contributed by atoms with Crippen LogP contribution in [0.15, 0.2) is 108 Å². The highest BCUT2D eigenvalue weighted by molar-refractivity contribution is 7.92. The van der Waals surface area contributed by atoms with Crippen molar-refractivity contribution in [3.05, 3.63) is 131 Å². The number of hydrogen-bond acceptors (Lipinski definition) is 5. The molecule has 0 saturated heterocycles. The predicted molar refractivity (Wildman–Crippen MR) is 139 cm³/mol. The first-order chi connectivity index (χ1) is 17.2. The zero-order valence-corrected chi connectivity index (χ0v) is 20.7. The number of carbonyl (C=O) groups excluding carboxylic acids is 2. The molecular formula is C29H25NO5S. The molecule has 0 amide bonds. The topological polar surface area (TPSA) is 89.5 Å². The fraction of sp³-hybridized carbons (Fsp3) is 0.103. The normalized spacial score (nSPS) is 11.9. The van der Waals surface area contributed by atoms with Gasteiger partial charge in [0.2, 0.25) is 5.78 Å². The van der Waals surface area contributed by atoms with Crippen LogP contribution in [0.25, 0.3) is 0 Å². The monoisotopic (exact) mass is 499 g/mol. The first kappa shape index (κ1) is 24.9. The van der Waals surface area contributed by atoms with Crippen LogP contribution in [0.2, 0.25) is 0 Å². The van der Waals surface area contributed by atoms with Crippen molar-refractivity contribution in [2.45, 2.75) is 24.8 Å². The lowest BCUT2D eigenvalue weighted by molar-refractivity contribution is 0.0280. The maximum Gasteiger partial charge on any atom is 0.339 e. The fourth-order valence-corrected chi connectivity index (χ4v) is 5.09. The Morgan fingerprint density at radius 3 is 2.08 bits per heavy atom. The third-order valence-electron chi connectivity index (χ3n) is 5.61. The van der Waals surface area contributed by atoms with Crippen molar-refractivity contribution in [1.29, 1.82) is 0 Å². The molecule has 0 spiro atoms. The predicted octanol–water partition coefficient (Wildman–Crippen LogP) is 5.89. The second-order valence-electron chi connectivity index (χ2n) is 8.38. The molecule has 7 heteroatoms. The summed E-state index contributed by atoms with van der Waals surface area (Å²) in [6.07, 6.45) is -1.19. The Morgan fingerprint density at radius 2 is 1.42 bits per heavy atom. The maximum atomic E-state index is 13.2. The molecule has 182 valence electrons. The van der Waals surface area contributed by atoms with E-state index in [1.807, 2.05) is 13.0 Å². The third kappa shape index (κ3) is 5.70. The summed E-state index contributed by atoms with van der Waals surface area (Å²) < 4.78 is 34.5. The van der Waals surface area contributed by atoms with Gasteiger partial charge in [0.25, 0.3) is 10.0 Å². The fourth-order valence-electron chi connectivity index (χ4n) is 3.76. The summed E-state index contributed by atoms with van der Waals surface area (Å²) >= 11 is 0. The number of rotatable bonds is 8. The van der Waals surface area contributed by atoms with Gasteiger partial charge in [0, 0.05) is 16.8 Å². The standard InChI is InChI=1S/C29H25NO5S/c1-20-10-9-15-25(18-20)30-36(33,34)26-19-24(17-16-21(26)2)29(32)35-28(23-13-7-4-8-14-23)27(31)22-11-5-3-6-12-22/h3-19,28,30H,1-2H3. The van der Waals surface area contributed by atoms with Crippen molar-refractivity contribution in [2.75, 3.05) is 4.72 Å². The number of nitrogens with one attached hydrogen (secondary N) is 1. The summed E-state index contributed by atoms with van der Waals surface area (Å²) in [5.74, 6) is -1.18. The van der Waals surface area contributed by atoms with Crippen molar-refractivity contribution in [3.63, 3.8) is 0 Å². The van der Waals surface area contributed by atoms with Crippen LogP contribution in [0.3, 0.4) is 0 Å². The molecule has 0 aliphatic carbocycles. The number of esters is 1. The van der Waals surface area contributed by atoms with Crippen LogP contribution >= 0.6 is 0 Å². The minimum absolute atomic E-state index is 0.0204. The van der Waals surface area contributed by atoms with Gasteiger partial charge in [-0.05, 0) is 49.2 Å². The van der Waals surface area contributed by atoms with Crippen molar-refractivity contribution >= 4 is 27.5 Å². The Kier molecular flexibility index (Phi) is 7.31. The smallest absolute Gasteiger partial charge is 0.339 e. The van der Waals surface area contributed by atoms with E-state index in [0.717, 1.165) is 5.56 Å². The number of carbonyl (C=O) groups is 2. The Morgan fingerprint density at radius 1 is 0.750 bits per heavy atom. The third-order valence-corrected chi connectivity index (χ3v) is 7.13. The zero-order chi connectivity index (χ0) is 25.7. The van der Waals surface area contributed by atoms with Gasteiger partial charge in [-0.1, -0.05) is 78.9 Å². The SMILES string of the molecule is Cc1cccc(NS(=O)(=O)c2cc(C(=O)OC(C(=O)c3ccccc3)c3ccccc3)ccc2C)c1. The van der Waals surface area contributed by atoms with Gasteiger partial charge in [0.15, 0.2) is 6.10 Å². The molecule has 0 aromatic heterocycles. The van der Waals surface area contributed by atoms with Gasteiger partial charge in [0.1, 0.15) is 0 Å². The van der Waals surface area contributed by atoms with Gasteiger partial charge in [0.05, 0.1) is 10.5 Å². The lowest BCUT2D eigenvalue weighted by atomic mass is 9.99. The number of benzene rings is 4. The zero-order valence-electron chi connectivity index (χ0n) is 19.8. The molecule has 0 aliphatic heterocycles. The average Bonchev–Trinajstić information content (AvgIpc) is 2.87. The highest BCUT2D eigenvalue weighted by atomic mass is 32.2. The second kappa shape index (κ2) is 10.6. The highest BCUT2D eigenvalue weighted by Crippen LogP contribution is 2.26. The minimum atomic E-state index is -3.98. The van der Waals surface area contributed by atoms with Crippen molar-refractivity contribution < 1.29 is 22.7 Å². The number of Topliss-reactive ketones (excluding diaryl/α,β-unsaturated/α-hetero) is 1. The van der Waals surface area contributed by atoms with E-state index in [1.165, 1.54) is 18.2 Å². The van der Waals surface area contributed by atoms with Crippen molar-refractivity contribution in [1.82, 2.24) is 0 Å². The quantitative estimate of drug-likeness (QED) is 0.241. The lowest BCUT2D eigenvalue weighted by Crippen LogP contribution is -2.21. The Balaban J connectivity index is 1.64. The molecule has 0 heterocycles. The van der Waals surface area contributed by atoms with Crippen molar-refractivity contribution in [3.8, 4) is 0 Å². The van der Waals surface area contributed by atoms with Gasteiger partial charge in [-0.2, -0.15) is 0 Å². The maximum absolute atomic E-state index is 13.2. The van der Waals surface area contributed by atoms with Gasteiger partial charge < -0.3 is 4.74 Å². The van der Waals surface area contributed by atoms with Crippen LogP contribution in [0.4, 0.5) is 5.69 Å². The number of anilines is 1. The van der Waals surface area contributed by atoms with E-state index in [0.29, 0.717) is 22.4 Å². The number of sulfonamides is 1. The van der Waals surface area contributed by atoms with E-state index in [4.69, 9.17) is 4.74 Å². The Bertz CT molecular complexity index is 1500. The average molecular weight is 500 g/mol. The number of ether oxygens (including phenoxy) is 1. The van der Waals surface area contributed by atoms with Gasteiger partial charge in [-0.3, -0.25) is 9.52 Å². The van der Waals surface area contributed by atoms with E-state index >= 15 is 0 Å². The summed E-state index contributed by atoms with van der Waals surface area (Å²) in [4.78, 5) is 26.4. The minimum Gasteiger partial charge on any atom is -0.445 e. The summed E-state index contributed by atoms with van der Waals surface area (Å²) in [6.45, 7) is 3.51. The molecule has 4 aromatic carbocycles. The molecule has 1 atom stereocenters. The second-order valence-corrected chi connectivity index (χ2v) is 10.0. The van der Waals surface area contributed by atoms with Crippen molar-refractivity contribution in [2.24, 2.45) is 0 Å². The first-order valence-electron chi connectivity index (χ1n) is 11.3. The van der Waals surface area contributed by atoms with Crippen LogP contribution < -0.4 is 4.72 Å². The van der Waals surface area contributed by atoms with Crippen LogP contribution in [0, 0.1) is 13.8 Å². The van der Waals surface area contributed by atoms with Crippen LogP contribution in [-0.2, 0) is 14.8 Å². The lowest BCUT2D eigenvalue weighted by Gasteiger charge is -2.18. The van der Waals surface area contributed by atoms with E-state index in [2.05, 4.69) is 4.72 Å². The Hall–Kier alpha value is -4.23.